The zero-order valence-electron chi connectivity index (χ0n) is 11.8. The molecule has 1 nitrogen and oxygen atoms in total. The zero-order chi connectivity index (χ0) is 12.7. The summed E-state index contributed by atoms with van der Waals surface area (Å²) in [5.41, 5.74) is 2.89. The fourth-order valence-corrected chi connectivity index (χ4v) is 2.39. The van der Waals surface area contributed by atoms with Crippen LogP contribution in [0, 0.1) is 0 Å². The molecule has 0 aliphatic heterocycles. The van der Waals surface area contributed by atoms with Gasteiger partial charge in [-0.25, -0.2) is 0 Å². The number of benzene rings is 1. The molecule has 0 aliphatic carbocycles. The minimum atomic E-state index is 0.598. The molecule has 0 saturated heterocycles. The molecule has 0 aliphatic rings. The highest BCUT2D eigenvalue weighted by molar-refractivity contribution is 5.26. The molecule has 1 aromatic rings. The molecule has 96 valence electrons. The van der Waals surface area contributed by atoms with Gasteiger partial charge in [0.1, 0.15) is 0 Å². The van der Waals surface area contributed by atoms with Crippen LogP contribution < -0.4 is 5.32 Å². The minimum Gasteiger partial charge on any atom is -0.314 e. The van der Waals surface area contributed by atoms with Gasteiger partial charge in [-0.1, -0.05) is 58.4 Å². The Bertz CT molecular complexity index is 296. The number of hydrogen-bond acceptors (Lipinski definition) is 1. The number of nitrogens with one attached hydrogen (secondary N) is 1. The summed E-state index contributed by atoms with van der Waals surface area (Å²) in [6.07, 6.45) is 3.62. The van der Waals surface area contributed by atoms with Gasteiger partial charge in [-0.3, -0.25) is 0 Å². The molecular formula is C16H27N. The van der Waals surface area contributed by atoms with Crippen LogP contribution in [0.15, 0.2) is 24.3 Å². The lowest BCUT2D eigenvalue weighted by Crippen LogP contribution is -2.33. The molecule has 17 heavy (non-hydrogen) atoms. The molecule has 1 rings (SSSR count). The van der Waals surface area contributed by atoms with Gasteiger partial charge < -0.3 is 5.32 Å². The maximum absolute atomic E-state index is 3.61. The molecular weight excluding hydrogens is 206 g/mol. The molecule has 0 saturated carbocycles. The second-order valence-corrected chi connectivity index (χ2v) is 4.84. The number of rotatable bonds is 7. The van der Waals surface area contributed by atoms with Crippen molar-refractivity contribution in [3.63, 3.8) is 0 Å². The Morgan fingerprint density at radius 3 is 2.18 bits per heavy atom. The van der Waals surface area contributed by atoms with Crippen molar-refractivity contribution in [3.8, 4) is 0 Å². The van der Waals surface area contributed by atoms with Gasteiger partial charge in [0.25, 0.3) is 0 Å². The first-order valence-electron chi connectivity index (χ1n) is 7.05. The Labute approximate surface area is 107 Å². The van der Waals surface area contributed by atoms with Crippen molar-refractivity contribution < 1.29 is 0 Å². The number of likely N-dealkylation sites (N-methyl/N-ethyl adjacent to an activating group) is 1. The zero-order valence-corrected chi connectivity index (χ0v) is 11.8. The molecule has 1 N–H and O–H groups in total. The summed E-state index contributed by atoms with van der Waals surface area (Å²) in [5, 5.41) is 3.61. The third-order valence-corrected chi connectivity index (χ3v) is 3.58. The van der Waals surface area contributed by atoms with Crippen molar-refractivity contribution in [3.05, 3.63) is 35.4 Å². The fraction of sp³-hybridized carbons (Fsp3) is 0.625. The quantitative estimate of drug-likeness (QED) is 0.746. The molecule has 2 unspecified atom stereocenters. The van der Waals surface area contributed by atoms with E-state index >= 15 is 0 Å². The van der Waals surface area contributed by atoms with E-state index in [1.807, 2.05) is 0 Å². The van der Waals surface area contributed by atoms with E-state index in [1.165, 1.54) is 24.0 Å². The van der Waals surface area contributed by atoms with E-state index in [4.69, 9.17) is 0 Å². The van der Waals surface area contributed by atoms with E-state index in [0.717, 1.165) is 13.0 Å². The summed E-state index contributed by atoms with van der Waals surface area (Å²) < 4.78 is 0. The summed E-state index contributed by atoms with van der Waals surface area (Å²) >= 11 is 0. The molecule has 1 aromatic carbocycles. The van der Waals surface area contributed by atoms with Crippen molar-refractivity contribution in [1.82, 2.24) is 5.32 Å². The molecule has 0 amide bonds. The lowest BCUT2D eigenvalue weighted by Gasteiger charge is -2.25. The van der Waals surface area contributed by atoms with E-state index in [9.17, 15) is 0 Å². The Balaban J connectivity index is 2.73. The number of hydrogen-bond donors (Lipinski definition) is 1. The predicted molar refractivity (Wildman–Crippen MR) is 76.6 cm³/mol. The lowest BCUT2D eigenvalue weighted by molar-refractivity contribution is 0.430. The van der Waals surface area contributed by atoms with E-state index in [1.54, 1.807) is 0 Å². The monoisotopic (exact) mass is 233 g/mol. The largest absolute Gasteiger partial charge is 0.314 e. The minimum absolute atomic E-state index is 0.598. The smallest absolute Gasteiger partial charge is 0.0133 e. The van der Waals surface area contributed by atoms with Crippen molar-refractivity contribution in [1.29, 1.82) is 0 Å². The molecule has 0 radical (unpaired) electrons. The second kappa shape index (κ2) is 7.50. The second-order valence-electron chi connectivity index (χ2n) is 4.84. The Hall–Kier alpha value is -0.820. The molecule has 0 aromatic heterocycles. The summed E-state index contributed by atoms with van der Waals surface area (Å²) in [6.45, 7) is 10.1. The van der Waals surface area contributed by atoms with Crippen LogP contribution in [0.3, 0.4) is 0 Å². The summed E-state index contributed by atoms with van der Waals surface area (Å²) in [7, 11) is 0. The molecule has 0 fully saturated rings. The van der Waals surface area contributed by atoms with Crippen LogP contribution in [0.5, 0.6) is 0 Å². The first-order valence-corrected chi connectivity index (χ1v) is 7.05. The normalized spacial score (nSPS) is 14.6. The van der Waals surface area contributed by atoms with Gasteiger partial charge in [-0.05, 0) is 36.4 Å². The van der Waals surface area contributed by atoms with Crippen molar-refractivity contribution >= 4 is 0 Å². The standard InChI is InChI=1S/C16H27N/c1-5-8-16(17-7-3)13(4)15-11-9-14(6-2)10-12-15/h9-13,16-17H,5-8H2,1-4H3. The third kappa shape index (κ3) is 4.16. The van der Waals surface area contributed by atoms with Crippen LogP contribution >= 0.6 is 0 Å². The van der Waals surface area contributed by atoms with Gasteiger partial charge in [0, 0.05) is 6.04 Å². The van der Waals surface area contributed by atoms with Crippen molar-refractivity contribution in [2.24, 2.45) is 0 Å². The van der Waals surface area contributed by atoms with Crippen LogP contribution in [0.4, 0.5) is 0 Å². The average molecular weight is 233 g/mol. The van der Waals surface area contributed by atoms with Crippen LogP contribution in [0.1, 0.15) is 57.6 Å². The predicted octanol–water partition coefficient (Wildman–Crippen LogP) is 4.13. The van der Waals surface area contributed by atoms with Crippen LogP contribution in [-0.2, 0) is 6.42 Å². The van der Waals surface area contributed by atoms with Crippen LogP contribution in [-0.4, -0.2) is 12.6 Å². The van der Waals surface area contributed by atoms with Crippen LogP contribution in [0.25, 0.3) is 0 Å². The van der Waals surface area contributed by atoms with Gasteiger partial charge in [0.05, 0.1) is 0 Å². The molecule has 0 spiro atoms. The van der Waals surface area contributed by atoms with E-state index in [0.29, 0.717) is 12.0 Å². The van der Waals surface area contributed by atoms with Crippen molar-refractivity contribution in [2.75, 3.05) is 6.54 Å². The van der Waals surface area contributed by atoms with Gasteiger partial charge in [-0.2, -0.15) is 0 Å². The fourth-order valence-electron chi connectivity index (χ4n) is 2.39. The van der Waals surface area contributed by atoms with Crippen LogP contribution in [0.2, 0.25) is 0 Å². The van der Waals surface area contributed by atoms with Gasteiger partial charge in [-0.15, -0.1) is 0 Å². The Kier molecular flexibility index (Phi) is 6.28. The summed E-state index contributed by atoms with van der Waals surface area (Å²) in [5.74, 6) is 0.598. The summed E-state index contributed by atoms with van der Waals surface area (Å²) in [6, 6.07) is 9.73. The molecule has 1 heteroatoms. The molecule has 0 heterocycles. The van der Waals surface area contributed by atoms with E-state index in [2.05, 4.69) is 57.3 Å². The Morgan fingerprint density at radius 1 is 1.06 bits per heavy atom. The first kappa shape index (κ1) is 14.2. The topological polar surface area (TPSA) is 12.0 Å². The molecule has 0 bridgehead atoms. The maximum atomic E-state index is 3.61. The van der Waals surface area contributed by atoms with E-state index < -0.39 is 0 Å². The maximum Gasteiger partial charge on any atom is 0.0133 e. The highest BCUT2D eigenvalue weighted by Gasteiger charge is 2.16. The van der Waals surface area contributed by atoms with E-state index in [-0.39, 0.29) is 0 Å². The van der Waals surface area contributed by atoms with Crippen molar-refractivity contribution in [2.45, 2.75) is 58.9 Å². The van der Waals surface area contributed by atoms with Gasteiger partial charge in [0.2, 0.25) is 0 Å². The van der Waals surface area contributed by atoms with Gasteiger partial charge >= 0.3 is 0 Å². The molecule has 2 atom stereocenters. The first-order chi connectivity index (χ1) is 8.22. The number of aryl methyl sites for hydroxylation is 1. The SMILES string of the molecule is CCCC(NCC)C(C)c1ccc(CC)cc1. The highest BCUT2D eigenvalue weighted by Crippen LogP contribution is 2.22. The lowest BCUT2D eigenvalue weighted by atomic mass is 9.90. The van der Waals surface area contributed by atoms with Gasteiger partial charge in [0.15, 0.2) is 0 Å². The Morgan fingerprint density at radius 2 is 1.71 bits per heavy atom. The third-order valence-electron chi connectivity index (χ3n) is 3.58. The average Bonchev–Trinajstić information content (AvgIpc) is 2.38. The summed E-state index contributed by atoms with van der Waals surface area (Å²) in [4.78, 5) is 0. The highest BCUT2D eigenvalue weighted by atomic mass is 14.9.